The zero-order valence-corrected chi connectivity index (χ0v) is 76.3. The quantitative estimate of drug-likeness (QED) is 0.0306. The highest BCUT2D eigenvalue weighted by Crippen LogP contribution is 2.29. The van der Waals surface area contributed by atoms with Crippen LogP contribution in [0, 0.1) is 66.2 Å². The maximum atomic E-state index is 12.3. The number of terminal acetylenes is 2. The van der Waals surface area contributed by atoms with Gasteiger partial charge in [-0.15, -0.1) is 12.8 Å². The Kier molecular flexibility index (Phi) is 35.5. The summed E-state index contributed by atoms with van der Waals surface area (Å²) in [5.41, 5.74) is 10.0. The van der Waals surface area contributed by atoms with Crippen LogP contribution < -0.4 is 60.3 Å². The second-order valence-electron chi connectivity index (χ2n) is 29.4. The second-order valence-corrected chi connectivity index (χ2v) is 29.4. The molecule has 0 unspecified atom stereocenters. The van der Waals surface area contributed by atoms with Crippen LogP contribution in [0.5, 0.6) is 69.5 Å². The number of rotatable bonds is 24. The lowest BCUT2D eigenvalue weighted by Gasteiger charge is -2.08. The van der Waals surface area contributed by atoms with E-state index in [0.29, 0.717) is 126 Å². The minimum absolute atomic E-state index is 0.186. The van der Waals surface area contributed by atoms with Crippen LogP contribution in [0.3, 0.4) is 0 Å². The molecule has 6 N–H and O–H groups in total. The van der Waals surface area contributed by atoms with Crippen molar-refractivity contribution in [1.29, 1.82) is 0 Å². The number of pyridine rings is 10. The second kappa shape index (κ2) is 51.0. The van der Waals surface area contributed by atoms with Crippen LogP contribution in [0.4, 0.5) is 34.6 Å². The number of ether oxygens (including phenoxy) is 6. The fraction of sp³-hybridized carbons (Fsp3) is 0.0577. The molecular weight excluding hydrogens is 1810 g/mol. The first-order valence-corrected chi connectivity index (χ1v) is 42.5. The smallest absolute Gasteiger partial charge is 0.275 e. The largest absolute Gasteiger partial charge is 0.454 e. The molecule has 38 nitrogen and oxygen atoms in total. The predicted molar refractivity (Wildman–Crippen MR) is 524 cm³/mol. The summed E-state index contributed by atoms with van der Waals surface area (Å²) in [4.78, 5) is 154. The van der Waals surface area contributed by atoms with E-state index in [2.05, 4.69) is 143 Å². The third kappa shape index (κ3) is 32.3. The van der Waals surface area contributed by atoms with Crippen molar-refractivity contribution < 1.29 is 57.2 Å². The number of amides is 6. The number of carbonyl (C=O) groups is 6. The molecule has 0 radical (unpaired) electrons. The van der Waals surface area contributed by atoms with Crippen molar-refractivity contribution in [2.24, 2.45) is 0 Å². The monoisotopic (exact) mass is 1890 g/mol. The maximum Gasteiger partial charge on any atom is 0.275 e. The minimum Gasteiger partial charge on any atom is -0.454 e. The Hall–Kier alpha value is -20.7. The summed E-state index contributed by atoms with van der Waals surface area (Å²) in [5.74, 6) is 9.73. The molecule has 142 heavy (non-hydrogen) atoms. The molecule has 0 saturated carbocycles. The van der Waals surface area contributed by atoms with Gasteiger partial charge in [-0.25, -0.2) is 64.8 Å². The number of nitrogens with zero attached hydrogens (tertiary/aromatic N) is 20. The van der Waals surface area contributed by atoms with Crippen molar-refractivity contribution in [1.82, 2.24) is 99.7 Å². The van der Waals surface area contributed by atoms with Gasteiger partial charge >= 0.3 is 0 Å². The van der Waals surface area contributed by atoms with Gasteiger partial charge in [0.25, 0.3) is 35.4 Å². The number of anilines is 6. The van der Waals surface area contributed by atoms with Gasteiger partial charge in [-0.1, -0.05) is 71.5 Å². The van der Waals surface area contributed by atoms with E-state index in [0.717, 1.165) is 33.9 Å². The standard InChI is InChI=1S/C19H13N3O2.C18H16N4O2.C17H15N5O2.C17H11N5O2.C17H14N4O2.C16H13N5O2/c1-2-14-5-3-6-15(11-14)19(23)22-16-8-10-21-18(12-16)24-17-7-4-9-20-13-17;1-12-4-3-5-14(8-12)18(23)22-16-10-19-11-17(21-16)24-15-7-6-13(2)20-9-15;1-11-6-7-13(8-19-11)24-16-10-18-9-15(21-16)22-17(23)14-5-3-4-12(2)20-14;1-2-12-4-3-5-15(21-12)17(23)22-16-8-13(6-7-20-16)24-14-9-18-11-19-10-14;1-12-3-2-4-13(7-12)17(22)21-14-5-6-20-16(8-14)23-15-9-18-11-19-10-15;1-11-3-2-4-14(20-11)16(22)21-15-7-12(5-6-19-15)23-13-8-17-10-18-9-13/h1,3-13H,(H,21,22,23);3-11H,1-2H3,(H,21,22,23);3-10H,1-2H3,(H,21,22,23);1,3-11H,(H,20,22,23);2-11H,1H3,(H,20,21,22);2-10H,1H3,(H,19,21,22). The van der Waals surface area contributed by atoms with Crippen LogP contribution in [-0.4, -0.2) is 135 Å². The van der Waals surface area contributed by atoms with E-state index in [1.54, 1.807) is 213 Å². The molecule has 0 atom stereocenters. The van der Waals surface area contributed by atoms with Crippen LogP contribution in [0.25, 0.3) is 0 Å². The highest BCUT2D eigenvalue weighted by Gasteiger charge is 2.18. The summed E-state index contributed by atoms with van der Waals surface area (Å²) < 4.78 is 33.5. The van der Waals surface area contributed by atoms with Crippen molar-refractivity contribution >= 4 is 70.1 Å². The summed E-state index contributed by atoms with van der Waals surface area (Å²) in [6.45, 7) is 11.3. The highest BCUT2D eigenvalue weighted by molar-refractivity contribution is 6.07. The summed E-state index contributed by atoms with van der Waals surface area (Å²) >= 11 is 0. The van der Waals surface area contributed by atoms with E-state index in [1.807, 2.05) is 96.1 Å². The highest BCUT2D eigenvalue weighted by atomic mass is 16.5. The van der Waals surface area contributed by atoms with Gasteiger partial charge in [0.2, 0.25) is 23.5 Å². The van der Waals surface area contributed by atoms with E-state index >= 15 is 0 Å². The average molecular weight is 1890 g/mol. The minimum atomic E-state index is -0.417. The summed E-state index contributed by atoms with van der Waals surface area (Å²) in [6.07, 6.45) is 42.5. The lowest BCUT2D eigenvalue weighted by molar-refractivity contribution is 0.101. The number of aromatic nitrogens is 20. The number of benzene rings is 3. The molecule has 18 rings (SSSR count). The molecule has 700 valence electrons. The van der Waals surface area contributed by atoms with Gasteiger partial charge in [0.05, 0.1) is 80.6 Å². The summed E-state index contributed by atoms with van der Waals surface area (Å²) in [5, 5.41) is 16.3. The number of hydrogen-bond donors (Lipinski definition) is 6. The molecule has 0 spiro atoms. The van der Waals surface area contributed by atoms with Gasteiger partial charge in [-0.2, -0.15) is 9.97 Å². The van der Waals surface area contributed by atoms with Crippen molar-refractivity contribution in [3.05, 3.63) is 422 Å². The van der Waals surface area contributed by atoms with Crippen LogP contribution >= 0.6 is 0 Å². The molecule has 15 aromatic heterocycles. The van der Waals surface area contributed by atoms with E-state index in [-0.39, 0.29) is 52.8 Å². The fourth-order valence-electron chi connectivity index (χ4n) is 11.7. The SMILES string of the molecule is C#Cc1cccc(C(=O)Nc2cc(Oc3cncnc3)ccn2)n1.C#Cc1cccc(C(=O)Nc2ccnc(Oc3cccnc3)c2)c1.Cc1ccc(Oc2cncc(NC(=O)c3cccc(C)n3)n2)cn1.Cc1cccc(C(=O)Nc2cc(Oc3cncnc3)ccn2)n1.Cc1cccc(C(=O)Nc2ccnc(Oc3cncnc3)c2)c1.Cc1cccc(C(=O)Nc2cncc(Oc3ccc(C)nc3)n2)c1. The molecule has 38 heteroatoms. The molecule has 6 amide bonds. The summed E-state index contributed by atoms with van der Waals surface area (Å²) in [6, 6.07) is 60.9. The van der Waals surface area contributed by atoms with Crippen LogP contribution in [0.1, 0.15) is 108 Å². The van der Waals surface area contributed by atoms with E-state index in [4.69, 9.17) is 41.3 Å². The molecule has 3 aromatic carbocycles. The van der Waals surface area contributed by atoms with Crippen molar-refractivity contribution in [3.8, 4) is 94.2 Å². The predicted octanol–water partition coefficient (Wildman–Crippen LogP) is 18.1. The first kappa shape index (κ1) is 98.8. The van der Waals surface area contributed by atoms with Gasteiger partial charge in [0.15, 0.2) is 28.9 Å². The first-order valence-electron chi connectivity index (χ1n) is 42.5. The lowest BCUT2D eigenvalue weighted by atomic mass is 10.1. The van der Waals surface area contributed by atoms with Gasteiger partial charge in [-0.3, -0.25) is 53.7 Å². The van der Waals surface area contributed by atoms with Crippen molar-refractivity contribution in [3.63, 3.8) is 0 Å². The van der Waals surface area contributed by atoms with Crippen LogP contribution in [0.15, 0.2) is 343 Å². The Balaban J connectivity index is 0.000000143. The molecule has 0 fully saturated rings. The molecule has 18 aromatic rings. The Bertz CT molecular complexity index is 7010. The van der Waals surface area contributed by atoms with Gasteiger partial charge in [-0.05, 0) is 181 Å². The molecule has 0 aliphatic rings. The maximum absolute atomic E-state index is 12.3. The molecule has 0 bridgehead atoms. The summed E-state index contributed by atoms with van der Waals surface area (Å²) in [7, 11) is 0. The molecule has 0 aliphatic carbocycles. The van der Waals surface area contributed by atoms with E-state index < -0.39 is 5.91 Å². The first-order chi connectivity index (χ1) is 69.1. The number of nitrogens with one attached hydrogen (secondary N) is 6. The fourth-order valence-corrected chi connectivity index (χ4v) is 11.7. The molecule has 0 saturated heterocycles. The Morgan fingerprint density at radius 1 is 0.254 bits per heavy atom. The van der Waals surface area contributed by atoms with Crippen molar-refractivity contribution in [2.45, 2.75) is 41.5 Å². The number of carbonyl (C=O) groups excluding carboxylic acids is 6. The van der Waals surface area contributed by atoms with Gasteiger partial charge < -0.3 is 60.3 Å². The zero-order valence-electron chi connectivity index (χ0n) is 76.3. The zero-order chi connectivity index (χ0) is 99.6. The van der Waals surface area contributed by atoms with Gasteiger partial charge in [0.1, 0.15) is 82.1 Å². The number of hydrogen-bond acceptors (Lipinski definition) is 32. The average Bonchev–Trinajstić information content (AvgIpc) is 0.881. The molecule has 0 aliphatic heterocycles. The number of aryl methyl sites for hydroxylation is 6. The third-order valence-corrected chi connectivity index (χ3v) is 18.2. The van der Waals surface area contributed by atoms with Gasteiger partial charge in [0, 0.05) is 112 Å². The van der Waals surface area contributed by atoms with E-state index in [1.165, 1.54) is 74.8 Å². The van der Waals surface area contributed by atoms with E-state index in [9.17, 15) is 28.8 Å². The Labute approximate surface area is 812 Å². The molecular formula is C104H82N26O12. The topological polar surface area (TPSA) is 488 Å². The van der Waals surface area contributed by atoms with Crippen LogP contribution in [0.2, 0.25) is 0 Å². The normalized spacial score (nSPS) is 10.1. The Morgan fingerprint density at radius 2 is 0.648 bits per heavy atom. The Morgan fingerprint density at radius 3 is 1.08 bits per heavy atom. The molecule has 15 heterocycles. The van der Waals surface area contributed by atoms with Crippen molar-refractivity contribution in [2.75, 3.05) is 31.9 Å². The van der Waals surface area contributed by atoms with Crippen LogP contribution in [-0.2, 0) is 0 Å². The lowest BCUT2D eigenvalue weighted by Crippen LogP contribution is -2.15. The third-order valence-electron chi connectivity index (χ3n) is 18.2.